The zero-order valence-corrected chi connectivity index (χ0v) is 12.9. The Hall–Kier alpha value is -2.34. The maximum absolute atomic E-state index is 13.0. The number of fused-ring (bicyclic) bond motifs is 1. The lowest BCUT2D eigenvalue weighted by Gasteiger charge is -2.26. The molecule has 0 spiro atoms. The Morgan fingerprint density at radius 2 is 1.91 bits per heavy atom. The standard InChI is InChI=1S/C19H19FN2/c1-13(11-21)19(2)12-22-18-10-15(5-8-17(18)19)9-14-3-6-16(20)7-4-14/h3-8,10,13,22H,9,12H2,1-2H3. The normalized spacial score (nSPS) is 20.8. The summed E-state index contributed by atoms with van der Waals surface area (Å²) in [4.78, 5) is 0. The van der Waals surface area contributed by atoms with E-state index in [4.69, 9.17) is 0 Å². The third-order valence-electron chi connectivity index (χ3n) is 4.82. The minimum Gasteiger partial charge on any atom is -0.384 e. The smallest absolute Gasteiger partial charge is 0.123 e. The molecule has 2 nitrogen and oxygen atoms in total. The molecule has 0 saturated heterocycles. The lowest BCUT2D eigenvalue weighted by molar-refractivity contribution is 0.417. The van der Waals surface area contributed by atoms with Crippen LogP contribution in [0.15, 0.2) is 42.5 Å². The Morgan fingerprint density at radius 1 is 1.23 bits per heavy atom. The summed E-state index contributed by atoms with van der Waals surface area (Å²) in [5.74, 6) is -0.246. The van der Waals surface area contributed by atoms with Gasteiger partial charge in [-0.05, 0) is 48.2 Å². The average molecular weight is 294 g/mol. The molecule has 1 aliphatic heterocycles. The van der Waals surface area contributed by atoms with Crippen LogP contribution in [0.2, 0.25) is 0 Å². The van der Waals surface area contributed by atoms with E-state index in [2.05, 4.69) is 36.5 Å². The summed E-state index contributed by atoms with van der Waals surface area (Å²) in [5.41, 5.74) is 4.46. The number of anilines is 1. The van der Waals surface area contributed by atoms with Crippen LogP contribution in [0.3, 0.4) is 0 Å². The van der Waals surface area contributed by atoms with E-state index in [0.29, 0.717) is 0 Å². The van der Waals surface area contributed by atoms with Crippen molar-refractivity contribution in [1.29, 1.82) is 5.26 Å². The number of benzene rings is 2. The fourth-order valence-electron chi connectivity index (χ4n) is 3.09. The Kier molecular flexibility index (Phi) is 3.62. The largest absolute Gasteiger partial charge is 0.384 e. The number of hydrogen-bond donors (Lipinski definition) is 1. The van der Waals surface area contributed by atoms with E-state index in [9.17, 15) is 9.65 Å². The van der Waals surface area contributed by atoms with Crippen molar-refractivity contribution >= 4 is 5.69 Å². The predicted molar refractivity (Wildman–Crippen MR) is 86.3 cm³/mol. The van der Waals surface area contributed by atoms with Gasteiger partial charge >= 0.3 is 0 Å². The van der Waals surface area contributed by atoms with Crippen molar-refractivity contribution in [2.45, 2.75) is 25.7 Å². The average Bonchev–Trinajstić information content (AvgIpc) is 2.87. The molecular formula is C19H19FN2. The summed E-state index contributed by atoms with van der Waals surface area (Å²) < 4.78 is 13.0. The molecule has 2 aromatic rings. The number of nitriles is 1. The second-order valence-electron chi connectivity index (χ2n) is 6.30. The highest BCUT2D eigenvalue weighted by Gasteiger charge is 2.39. The van der Waals surface area contributed by atoms with Crippen LogP contribution in [-0.2, 0) is 11.8 Å². The van der Waals surface area contributed by atoms with Crippen LogP contribution >= 0.6 is 0 Å². The molecule has 3 rings (SSSR count). The summed E-state index contributed by atoms with van der Waals surface area (Å²) in [7, 11) is 0. The van der Waals surface area contributed by atoms with E-state index in [1.165, 1.54) is 23.3 Å². The van der Waals surface area contributed by atoms with Crippen molar-refractivity contribution in [2.24, 2.45) is 5.92 Å². The molecule has 2 unspecified atom stereocenters. The summed E-state index contributed by atoms with van der Waals surface area (Å²) in [6.07, 6.45) is 0.778. The molecule has 22 heavy (non-hydrogen) atoms. The van der Waals surface area contributed by atoms with Gasteiger partial charge in [-0.2, -0.15) is 5.26 Å². The summed E-state index contributed by atoms with van der Waals surface area (Å²) in [6.45, 7) is 4.90. The van der Waals surface area contributed by atoms with E-state index in [0.717, 1.165) is 24.2 Å². The second-order valence-corrected chi connectivity index (χ2v) is 6.30. The van der Waals surface area contributed by atoms with Gasteiger partial charge in [0.05, 0.1) is 12.0 Å². The Bertz CT molecular complexity index is 730. The number of hydrogen-bond acceptors (Lipinski definition) is 2. The van der Waals surface area contributed by atoms with Gasteiger partial charge in [0.25, 0.3) is 0 Å². The first-order valence-corrected chi connectivity index (χ1v) is 7.54. The maximum Gasteiger partial charge on any atom is 0.123 e. The second kappa shape index (κ2) is 5.46. The first kappa shape index (κ1) is 14.6. The van der Waals surface area contributed by atoms with E-state index in [1.807, 2.05) is 19.1 Å². The van der Waals surface area contributed by atoms with Crippen LogP contribution < -0.4 is 5.32 Å². The highest BCUT2D eigenvalue weighted by molar-refractivity contribution is 5.62. The Balaban J connectivity index is 1.87. The molecule has 0 aromatic heterocycles. The molecule has 0 bridgehead atoms. The first-order chi connectivity index (χ1) is 10.5. The maximum atomic E-state index is 13.0. The molecule has 1 aliphatic rings. The Labute approximate surface area is 130 Å². The van der Waals surface area contributed by atoms with Gasteiger partial charge in [-0.1, -0.05) is 31.2 Å². The van der Waals surface area contributed by atoms with Gasteiger partial charge in [0.1, 0.15) is 5.82 Å². The molecule has 1 N–H and O–H groups in total. The van der Waals surface area contributed by atoms with Crippen molar-refractivity contribution in [3.05, 3.63) is 65.0 Å². The minimum absolute atomic E-state index is 0.0378. The SMILES string of the molecule is CC(C#N)C1(C)CNc2cc(Cc3ccc(F)cc3)ccc21. The predicted octanol–water partition coefficient (Wildman–Crippen LogP) is 4.26. The summed E-state index contributed by atoms with van der Waals surface area (Å²) >= 11 is 0. The lowest BCUT2D eigenvalue weighted by Crippen LogP contribution is -2.31. The molecule has 0 amide bonds. The van der Waals surface area contributed by atoms with E-state index >= 15 is 0 Å². The number of halogens is 1. The molecule has 0 fully saturated rings. The minimum atomic E-state index is -0.208. The number of nitrogens with zero attached hydrogens (tertiary/aromatic N) is 1. The van der Waals surface area contributed by atoms with E-state index in [-0.39, 0.29) is 17.2 Å². The van der Waals surface area contributed by atoms with Crippen molar-refractivity contribution < 1.29 is 4.39 Å². The molecule has 112 valence electrons. The van der Waals surface area contributed by atoms with Crippen molar-refractivity contribution in [2.75, 3.05) is 11.9 Å². The molecule has 0 aliphatic carbocycles. The highest BCUT2D eigenvalue weighted by Crippen LogP contribution is 2.42. The molecule has 2 aromatic carbocycles. The molecule has 3 heteroatoms. The molecule has 2 atom stereocenters. The fourth-order valence-corrected chi connectivity index (χ4v) is 3.09. The van der Waals surface area contributed by atoms with Crippen molar-refractivity contribution in [3.8, 4) is 6.07 Å². The third kappa shape index (κ3) is 2.46. The quantitative estimate of drug-likeness (QED) is 0.918. The highest BCUT2D eigenvalue weighted by atomic mass is 19.1. The van der Waals surface area contributed by atoms with Crippen LogP contribution in [0.4, 0.5) is 10.1 Å². The van der Waals surface area contributed by atoms with E-state index < -0.39 is 0 Å². The molecule has 1 heterocycles. The fraction of sp³-hybridized carbons (Fsp3) is 0.316. The molecule has 0 saturated carbocycles. The monoisotopic (exact) mass is 294 g/mol. The van der Waals surface area contributed by atoms with Crippen LogP contribution in [0.5, 0.6) is 0 Å². The van der Waals surface area contributed by atoms with Crippen LogP contribution in [0.25, 0.3) is 0 Å². The van der Waals surface area contributed by atoms with Gasteiger partial charge in [0.2, 0.25) is 0 Å². The zero-order valence-electron chi connectivity index (χ0n) is 12.9. The van der Waals surface area contributed by atoms with Gasteiger partial charge in [-0.3, -0.25) is 0 Å². The topological polar surface area (TPSA) is 35.8 Å². The van der Waals surface area contributed by atoms with Gasteiger partial charge in [0, 0.05) is 17.6 Å². The summed E-state index contributed by atoms with van der Waals surface area (Å²) in [6, 6.07) is 15.4. The number of nitrogens with one attached hydrogen (secondary N) is 1. The number of rotatable bonds is 3. The van der Waals surface area contributed by atoms with Crippen LogP contribution in [0, 0.1) is 23.1 Å². The van der Waals surface area contributed by atoms with Crippen molar-refractivity contribution in [1.82, 2.24) is 0 Å². The van der Waals surface area contributed by atoms with Gasteiger partial charge in [-0.25, -0.2) is 4.39 Å². The molecule has 0 radical (unpaired) electrons. The van der Waals surface area contributed by atoms with Gasteiger partial charge in [0.15, 0.2) is 0 Å². The zero-order chi connectivity index (χ0) is 15.7. The molecular weight excluding hydrogens is 275 g/mol. The van der Waals surface area contributed by atoms with E-state index in [1.54, 1.807) is 0 Å². The van der Waals surface area contributed by atoms with Gasteiger partial charge in [-0.15, -0.1) is 0 Å². The third-order valence-corrected chi connectivity index (χ3v) is 4.82. The van der Waals surface area contributed by atoms with Crippen LogP contribution in [-0.4, -0.2) is 6.54 Å². The first-order valence-electron chi connectivity index (χ1n) is 7.54. The summed E-state index contributed by atoms with van der Waals surface area (Å²) in [5, 5.41) is 12.7. The Morgan fingerprint density at radius 3 is 2.59 bits per heavy atom. The van der Waals surface area contributed by atoms with Crippen LogP contribution in [0.1, 0.15) is 30.5 Å². The lowest BCUT2D eigenvalue weighted by atomic mass is 9.74. The van der Waals surface area contributed by atoms with Gasteiger partial charge < -0.3 is 5.32 Å². The van der Waals surface area contributed by atoms with Crippen molar-refractivity contribution in [3.63, 3.8) is 0 Å².